The van der Waals surface area contributed by atoms with E-state index in [2.05, 4.69) is 134 Å². The standard InChI is InChI=1S/C29H27NS.C7H8.C6H7N.C2H6.CH6N2/c1-5-13-23(14-6-2)30-20-12-11-16-22(4)28-25(30)18-9-7-15-21(3)27-24-17-8-10-19-26(24)31-29(27)28;1-7-5-3-2-4-6-7;7-6-4-2-1-3-5-6;1-2;1-3-2/h5-8,10-20H,1,4,9H2,2-3H3;2-6H,1H3;1-5H,7H2;1-2H3;3H,2H2,1H3/b14-6?,15-7-,16-11-,20-12-,23-13+,25-18?,27-21+,29-28+;;;;. The molecule has 1 aromatic heterocycles. The second-order valence-corrected chi connectivity index (χ2v) is 11.9. The molecule has 4 nitrogen and oxygen atoms in total. The van der Waals surface area contributed by atoms with Crippen LogP contribution in [0.4, 0.5) is 5.69 Å². The fourth-order valence-corrected chi connectivity index (χ4v) is 6.42. The van der Waals surface area contributed by atoms with Crippen LogP contribution in [0.1, 0.15) is 39.7 Å². The van der Waals surface area contributed by atoms with Crippen LogP contribution in [-0.4, -0.2) is 11.9 Å². The summed E-state index contributed by atoms with van der Waals surface area (Å²) in [6.45, 7) is 18.7. The Hall–Kier alpha value is -5.20. The summed E-state index contributed by atoms with van der Waals surface area (Å²) in [6.07, 6.45) is 24.1. The number of para-hydroxylation sites is 1. The average Bonchev–Trinajstić information content (AvgIpc) is 3.52. The fourth-order valence-electron chi connectivity index (χ4n) is 5.06. The van der Waals surface area contributed by atoms with Crippen molar-refractivity contribution < 1.29 is 0 Å². The summed E-state index contributed by atoms with van der Waals surface area (Å²) < 4.78 is 2.56. The third kappa shape index (κ3) is 12.4. The van der Waals surface area contributed by atoms with Crippen molar-refractivity contribution in [2.45, 2.75) is 41.0 Å². The summed E-state index contributed by atoms with van der Waals surface area (Å²) in [5.74, 6) is 4.60. The smallest absolute Gasteiger partial charge is 0.0511 e. The van der Waals surface area contributed by atoms with E-state index in [-0.39, 0.29) is 0 Å². The number of aryl methyl sites for hydroxylation is 1. The fraction of sp³-hybridized carbons (Fsp3) is 0.156. The molecule has 1 aliphatic carbocycles. The van der Waals surface area contributed by atoms with E-state index in [1.165, 1.54) is 36.5 Å². The molecule has 5 N–H and O–H groups in total. The number of benzene rings is 3. The SMILES string of the molecule is C=C/C=C(\C=CC)N1/C=C\C=C/C(=C)\C2=c3/sc4ccccc4/c3=C(C)\C=C/CC=C21.CC.CNN.Cc1ccccc1.Nc1ccccc1. The molecule has 0 radical (unpaired) electrons. The molecule has 1 aliphatic heterocycles. The van der Waals surface area contributed by atoms with E-state index < -0.39 is 0 Å². The molecule has 4 aromatic rings. The number of nitrogens with zero attached hydrogens (tertiary/aromatic N) is 1. The van der Waals surface area contributed by atoms with Gasteiger partial charge in [0.15, 0.2) is 0 Å². The van der Waals surface area contributed by atoms with Gasteiger partial charge in [0.25, 0.3) is 0 Å². The molecular formula is C45H54N4S. The number of allylic oxidation sites excluding steroid dienone is 11. The lowest BCUT2D eigenvalue weighted by molar-refractivity contribution is 0.614. The number of anilines is 1. The lowest BCUT2D eigenvalue weighted by atomic mass is 9.99. The molecule has 0 fully saturated rings. The van der Waals surface area contributed by atoms with E-state index in [1.807, 2.05) is 92.8 Å². The predicted octanol–water partition coefficient (Wildman–Crippen LogP) is 10.0. The van der Waals surface area contributed by atoms with Gasteiger partial charge in [0.1, 0.15) is 0 Å². The van der Waals surface area contributed by atoms with Crippen molar-refractivity contribution in [3.05, 3.63) is 197 Å². The molecule has 0 atom stereocenters. The summed E-state index contributed by atoms with van der Waals surface area (Å²) in [5, 5.41) is 2.61. The van der Waals surface area contributed by atoms with E-state index in [0.29, 0.717) is 0 Å². The summed E-state index contributed by atoms with van der Waals surface area (Å²) >= 11 is 1.85. The van der Waals surface area contributed by atoms with Crippen LogP contribution in [-0.2, 0) is 0 Å². The number of nitrogens with one attached hydrogen (secondary N) is 1. The number of hydrazine groups is 1. The minimum Gasteiger partial charge on any atom is -0.399 e. The molecule has 0 saturated carbocycles. The van der Waals surface area contributed by atoms with Gasteiger partial charge in [-0.3, -0.25) is 11.3 Å². The number of thiophene rings is 1. The van der Waals surface area contributed by atoms with Gasteiger partial charge in [-0.2, -0.15) is 0 Å². The van der Waals surface area contributed by atoms with Gasteiger partial charge in [0.05, 0.1) is 5.70 Å². The Bertz CT molecular complexity index is 1920. The monoisotopic (exact) mass is 682 g/mol. The Labute approximate surface area is 304 Å². The zero-order valence-corrected chi connectivity index (χ0v) is 31.4. The third-order valence-corrected chi connectivity index (χ3v) is 8.34. The maximum Gasteiger partial charge on any atom is 0.0511 e. The van der Waals surface area contributed by atoms with E-state index in [1.54, 1.807) is 7.05 Å². The summed E-state index contributed by atoms with van der Waals surface area (Å²) in [4.78, 5) is 2.24. The number of hydrogen-bond acceptors (Lipinski definition) is 5. The predicted molar refractivity (Wildman–Crippen MR) is 224 cm³/mol. The van der Waals surface area contributed by atoms with Crippen LogP contribution in [0.3, 0.4) is 0 Å². The highest BCUT2D eigenvalue weighted by atomic mass is 32.1. The molecule has 0 unspecified atom stereocenters. The second-order valence-electron chi connectivity index (χ2n) is 10.9. The Morgan fingerprint density at radius 2 is 1.52 bits per heavy atom. The average molecular weight is 683 g/mol. The molecule has 0 amide bonds. The van der Waals surface area contributed by atoms with Crippen LogP contribution < -0.4 is 26.8 Å². The molecule has 0 saturated heterocycles. The van der Waals surface area contributed by atoms with Crippen molar-refractivity contribution in [2.75, 3.05) is 12.8 Å². The van der Waals surface area contributed by atoms with Crippen molar-refractivity contribution in [3.8, 4) is 0 Å². The highest BCUT2D eigenvalue weighted by Crippen LogP contribution is 2.31. The number of rotatable bonds is 3. The number of fused-ring (bicyclic) bond motifs is 4. The first-order valence-electron chi connectivity index (χ1n) is 16.9. The van der Waals surface area contributed by atoms with Crippen LogP contribution in [0.5, 0.6) is 0 Å². The van der Waals surface area contributed by atoms with Gasteiger partial charge in [-0.1, -0.05) is 142 Å². The summed E-state index contributed by atoms with van der Waals surface area (Å²) in [7, 11) is 1.65. The molecule has 2 aliphatic rings. The molecule has 0 bridgehead atoms. The summed E-state index contributed by atoms with van der Waals surface area (Å²) in [6, 6.07) is 28.4. The first-order valence-corrected chi connectivity index (χ1v) is 17.8. The number of nitrogens with two attached hydrogens (primary N) is 2. The molecule has 50 heavy (non-hydrogen) atoms. The van der Waals surface area contributed by atoms with Gasteiger partial charge >= 0.3 is 0 Å². The van der Waals surface area contributed by atoms with Crippen LogP contribution in [0.15, 0.2) is 182 Å². The van der Waals surface area contributed by atoms with Crippen molar-refractivity contribution in [3.63, 3.8) is 0 Å². The highest BCUT2D eigenvalue weighted by molar-refractivity contribution is 7.17. The van der Waals surface area contributed by atoms with Crippen molar-refractivity contribution >= 4 is 38.3 Å². The van der Waals surface area contributed by atoms with E-state index >= 15 is 0 Å². The van der Waals surface area contributed by atoms with Crippen molar-refractivity contribution in [2.24, 2.45) is 5.84 Å². The first kappa shape index (κ1) is 41.0. The highest BCUT2D eigenvalue weighted by Gasteiger charge is 2.20. The van der Waals surface area contributed by atoms with Gasteiger partial charge in [-0.05, 0) is 81.8 Å². The van der Waals surface area contributed by atoms with E-state index in [4.69, 9.17) is 5.73 Å². The van der Waals surface area contributed by atoms with Gasteiger partial charge in [-0.15, -0.1) is 11.3 Å². The third-order valence-electron chi connectivity index (χ3n) is 7.16. The minimum absolute atomic E-state index is 0.822. The lowest BCUT2D eigenvalue weighted by Crippen LogP contribution is -2.28. The molecule has 6 rings (SSSR count). The van der Waals surface area contributed by atoms with Crippen LogP contribution in [0.25, 0.3) is 21.2 Å². The second kappa shape index (κ2) is 23.2. The van der Waals surface area contributed by atoms with Crippen LogP contribution >= 0.6 is 11.3 Å². The van der Waals surface area contributed by atoms with E-state index in [9.17, 15) is 0 Å². The van der Waals surface area contributed by atoms with Crippen LogP contribution in [0.2, 0.25) is 0 Å². The number of nitrogen functional groups attached to an aromatic ring is 1. The Morgan fingerprint density at radius 1 is 0.900 bits per heavy atom. The topological polar surface area (TPSA) is 67.3 Å². The molecule has 260 valence electrons. The molecular weight excluding hydrogens is 629 g/mol. The molecule has 0 spiro atoms. The van der Waals surface area contributed by atoms with Crippen LogP contribution in [0, 0.1) is 6.92 Å². The maximum atomic E-state index is 5.36. The van der Waals surface area contributed by atoms with Crippen molar-refractivity contribution in [1.29, 1.82) is 0 Å². The lowest BCUT2D eigenvalue weighted by Gasteiger charge is -2.28. The normalized spacial score (nSPS) is 17.6. The van der Waals surface area contributed by atoms with Gasteiger partial charge in [0.2, 0.25) is 0 Å². The maximum absolute atomic E-state index is 5.36. The quantitative estimate of drug-likeness (QED) is 0.0871. The Balaban J connectivity index is 0.000000370. The summed E-state index contributed by atoms with van der Waals surface area (Å²) in [5.41, 5.74) is 15.4. The minimum atomic E-state index is 0.822. The Morgan fingerprint density at radius 3 is 2.08 bits per heavy atom. The zero-order valence-electron chi connectivity index (χ0n) is 30.6. The molecule has 5 heteroatoms. The molecule has 2 heterocycles. The number of hydrogen-bond donors (Lipinski definition) is 3. The first-order chi connectivity index (χ1) is 24.4. The molecule has 3 aromatic carbocycles. The zero-order chi connectivity index (χ0) is 36.7. The van der Waals surface area contributed by atoms with Gasteiger partial charge in [0, 0.05) is 43.0 Å². The largest absolute Gasteiger partial charge is 0.399 e. The Kier molecular flexibility index (Phi) is 19.0. The van der Waals surface area contributed by atoms with Gasteiger partial charge < -0.3 is 10.6 Å². The van der Waals surface area contributed by atoms with E-state index in [0.717, 1.165) is 29.1 Å². The van der Waals surface area contributed by atoms with Gasteiger partial charge in [-0.25, -0.2) is 0 Å². The van der Waals surface area contributed by atoms with Crippen molar-refractivity contribution in [1.82, 2.24) is 10.3 Å².